The first kappa shape index (κ1) is 17.0. The number of hydrogen-bond acceptors (Lipinski definition) is 1. The van der Waals surface area contributed by atoms with Gasteiger partial charge >= 0.3 is 0 Å². The van der Waals surface area contributed by atoms with E-state index in [-0.39, 0.29) is 5.60 Å². The molecule has 0 aromatic carbocycles. The monoisotopic (exact) mass is 268 g/mol. The number of rotatable bonds is 9. The van der Waals surface area contributed by atoms with Crippen molar-refractivity contribution in [2.45, 2.75) is 109 Å². The van der Waals surface area contributed by atoms with Crippen LogP contribution in [0.1, 0.15) is 104 Å². The third-order valence-corrected chi connectivity index (χ3v) is 5.10. The Hall–Kier alpha value is -0.0400. The van der Waals surface area contributed by atoms with E-state index >= 15 is 0 Å². The minimum Gasteiger partial charge on any atom is -0.390 e. The van der Waals surface area contributed by atoms with Gasteiger partial charge in [-0.15, -0.1) is 0 Å². The zero-order valence-corrected chi connectivity index (χ0v) is 13.4. The van der Waals surface area contributed by atoms with Crippen molar-refractivity contribution in [3.05, 3.63) is 0 Å². The second kappa shape index (κ2) is 9.80. The molecule has 0 aromatic rings. The predicted octanol–water partition coefficient (Wildman–Crippen LogP) is 5.85. The summed E-state index contributed by atoms with van der Waals surface area (Å²) >= 11 is 0. The average molecular weight is 268 g/mol. The van der Waals surface area contributed by atoms with Crippen molar-refractivity contribution >= 4 is 0 Å². The smallest absolute Gasteiger partial charge is 0.0648 e. The van der Waals surface area contributed by atoms with Crippen molar-refractivity contribution in [3.8, 4) is 0 Å². The molecule has 19 heavy (non-hydrogen) atoms. The summed E-state index contributed by atoms with van der Waals surface area (Å²) in [6.45, 7) is 4.57. The molecule has 2 unspecified atom stereocenters. The molecule has 0 radical (unpaired) electrons. The summed E-state index contributed by atoms with van der Waals surface area (Å²) in [5, 5.41) is 10.7. The molecule has 2 atom stereocenters. The van der Waals surface area contributed by atoms with Gasteiger partial charge in [0.1, 0.15) is 0 Å². The van der Waals surface area contributed by atoms with Crippen LogP contribution in [0.3, 0.4) is 0 Å². The quantitative estimate of drug-likeness (QED) is 0.411. The second-order valence-electron chi connectivity index (χ2n) is 6.80. The molecule has 0 aliphatic heterocycles. The van der Waals surface area contributed by atoms with Crippen LogP contribution >= 0.6 is 0 Å². The van der Waals surface area contributed by atoms with Crippen LogP contribution in [-0.4, -0.2) is 10.7 Å². The van der Waals surface area contributed by atoms with Crippen molar-refractivity contribution < 1.29 is 5.11 Å². The van der Waals surface area contributed by atoms with Crippen LogP contribution in [0.4, 0.5) is 0 Å². The van der Waals surface area contributed by atoms with E-state index in [1.807, 2.05) is 0 Å². The molecule has 1 fully saturated rings. The summed E-state index contributed by atoms with van der Waals surface area (Å²) in [6.07, 6.45) is 17.7. The summed E-state index contributed by atoms with van der Waals surface area (Å²) in [6, 6.07) is 0. The average Bonchev–Trinajstić information content (AvgIpc) is 2.60. The number of hydrogen-bond donors (Lipinski definition) is 1. The minimum absolute atomic E-state index is 0.312. The van der Waals surface area contributed by atoms with Gasteiger partial charge in [-0.1, -0.05) is 78.1 Å². The molecule has 1 aliphatic carbocycles. The highest BCUT2D eigenvalue weighted by Gasteiger charge is 2.29. The van der Waals surface area contributed by atoms with Gasteiger partial charge in [0.25, 0.3) is 0 Å². The lowest BCUT2D eigenvalue weighted by Crippen LogP contribution is -2.27. The van der Waals surface area contributed by atoms with Crippen LogP contribution in [0.5, 0.6) is 0 Å². The van der Waals surface area contributed by atoms with Crippen LogP contribution in [0, 0.1) is 5.92 Å². The SMILES string of the molecule is CCCCCCCCCC1(O)CCCC(CC)CC1. The molecule has 0 saturated heterocycles. The van der Waals surface area contributed by atoms with E-state index in [4.69, 9.17) is 0 Å². The lowest BCUT2D eigenvalue weighted by Gasteiger charge is -2.26. The molecule has 0 aromatic heterocycles. The number of unbranched alkanes of at least 4 members (excludes halogenated alkanes) is 6. The minimum atomic E-state index is -0.312. The summed E-state index contributed by atoms with van der Waals surface area (Å²) in [5.74, 6) is 0.878. The van der Waals surface area contributed by atoms with Gasteiger partial charge in [-0.05, 0) is 31.6 Å². The van der Waals surface area contributed by atoms with Crippen molar-refractivity contribution in [3.63, 3.8) is 0 Å². The lowest BCUT2D eigenvalue weighted by molar-refractivity contribution is 0.0130. The first-order valence-electron chi connectivity index (χ1n) is 8.92. The van der Waals surface area contributed by atoms with E-state index < -0.39 is 0 Å². The largest absolute Gasteiger partial charge is 0.390 e. The Labute approximate surface area is 121 Å². The fourth-order valence-electron chi connectivity index (χ4n) is 3.53. The molecular formula is C18H36O. The van der Waals surface area contributed by atoms with Crippen LogP contribution in [0.25, 0.3) is 0 Å². The van der Waals surface area contributed by atoms with E-state index in [1.165, 1.54) is 70.6 Å². The third-order valence-electron chi connectivity index (χ3n) is 5.10. The van der Waals surface area contributed by atoms with Gasteiger partial charge < -0.3 is 5.11 Å². The first-order chi connectivity index (χ1) is 9.20. The van der Waals surface area contributed by atoms with Gasteiger partial charge in [-0.25, -0.2) is 0 Å². The van der Waals surface area contributed by atoms with Crippen molar-refractivity contribution in [1.29, 1.82) is 0 Å². The highest BCUT2D eigenvalue weighted by molar-refractivity contribution is 4.83. The van der Waals surface area contributed by atoms with Gasteiger partial charge in [0.15, 0.2) is 0 Å². The number of aliphatic hydroxyl groups is 1. The Morgan fingerprint density at radius 1 is 0.895 bits per heavy atom. The van der Waals surface area contributed by atoms with Crippen LogP contribution < -0.4 is 0 Å². The molecule has 1 rings (SSSR count). The Balaban J connectivity index is 2.10. The second-order valence-corrected chi connectivity index (χ2v) is 6.80. The molecule has 1 nitrogen and oxygen atoms in total. The standard InChI is InChI=1S/C18H36O/c1-3-5-6-7-8-9-10-14-18(19)15-11-12-17(4-2)13-16-18/h17,19H,3-16H2,1-2H3. The molecule has 1 N–H and O–H groups in total. The van der Waals surface area contributed by atoms with Crippen LogP contribution in [0.2, 0.25) is 0 Å². The molecule has 0 amide bonds. The molecule has 1 heteroatoms. The highest BCUT2D eigenvalue weighted by Crippen LogP contribution is 2.35. The van der Waals surface area contributed by atoms with Gasteiger partial charge in [0, 0.05) is 0 Å². The van der Waals surface area contributed by atoms with Crippen molar-refractivity contribution in [1.82, 2.24) is 0 Å². The third kappa shape index (κ3) is 7.34. The Morgan fingerprint density at radius 2 is 1.58 bits per heavy atom. The molecule has 114 valence electrons. The normalized spacial score (nSPS) is 28.3. The molecule has 1 aliphatic rings. The summed E-state index contributed by atoms with van der Waals surface area (Å²) < 4.78 is 0. The molecule has 1 saturated carbocycles. The zero-order valence-electron chi connectivity index (χ0n) is 13.4. The fourth-order valence-corrected chi connectivity index (χ4v) is 3.53. The van der Waals surface area contributed by atoms with E-state index in [2.05, 4.69) is 13.8 Å². The van der Waals surface area contributed by atoms with E-state index in [0.717, 1.165) is 25.2 Å². The maximum Gasteiger partial charge on any atom is 0.0648 e. The highest BCUT2D eigenvalue weighted by atomic mass is 16.3. The summed E-state index contributed by atoms with van der Waals surface area (Å²) in [7, 11) is 0. The first-order valence-corrected chi connectivity index (χ1v) is 8.92. The predicted molar refractivity (Wildman–Crippen MR) is 84.4 cm³/mol. The van der Waals surface area contributed by atoms with E-state index in [0.29, 0.717) is 0 Å². The summed E-state index contributed by atoms with van der Waals surface area (Å²) in [5.41, 5.74) is -0.312. The maximum absolute atomic E-state index is 10.7. The Bertz CT molecular complexity index is 214. The van der Waals surface area contributed by atoms with Gasteiger partial charge in [-0.2, -0.15) is 0 Å². The van der Waals surface area contributed by atoms with E-state index in [1.54, 1.807) is 0 Å². The van der Waals surface area contributed by atoms with Gasteiger partial charge in [-0.3, -0.25) is 0 Å². The van der Waals surface area contributed by atoms with Crippen molar-refractivity contribution in [2.75, 3.05) is 0 Å². The topological polar surface area (TPSA) is 20.2 Å². The van der Waals surface area contributed by atoms with E-state index in [9.17, 15) is 5.11 Å². The van der Waals surface area contributed by atoms with Gasteiger partial charge in [0.05, 0.1) is 5.60 Å². The molecule has 0 spiro atoms. The fraction of sp³-hybridized carbons (Fsp3) is 1.00. The Morgan fingerprint density at radius 3 is 2.26 bits per heavy atom. The lowest BCUT2D eigenvalue weighted by atomic mass is 9.88. The Kier molecular flexibility index (Phi) is 8.77. The maximum atomic E-state index is 10.7. The molecule has 0 bridgehead atoms. The van der Waals surface area contributed by atoms with Crippen LogP contribution in [-0.2, 0) is 0 Å². The van der Waals surface area contributed by atoms with Crippen molar-refractivity contribution in [2.24, 2.45) is 5.92 Å². The summed E-state index contributed by atoms with van der Waals surface area (Å²) in [4.78, 5) is 0. The zero-order chi connectivity index (χ0) is 14.0. The molecular weight excluding hydrogens is 232 g/mol. The van der Waals surface area contributed by atoms with Crippen LogP contribution in [0.15, 0.2) is 0 Å². The molecule has 0 heterocycles. The van der Waals surface area contributed by atoms with Gasteiger partial charge in [0.2, 0.25) is 0 Å².